The molecule has 1 aliphatic heterocycles. The number of carbonyl (C=O) groups is 1. The maximum Gasteiger partial charge on any atom is 0.214 e. The number of hydrogen-bond donors (Lipinski definition) is 0. The van der Waals surface area contributed by atoms with Crippen LogP contribution < -0.4 is 4.90 Å². The molecule has 3 rings (SSSR count). The molecule has 144 valence electrons. The first kappa shape index (κ1) is 19.3. The van der Waals surface area contributed by atoms with E-state index in [1.54, 1.807) is 6.07 Å². The Kier molecular flexibility index (Phi) is 7.42. The summed E-state index contributed by atoms with van der Waals surface area (Å²) in [5.41, 5.74) is 0. The Morgan fingerprint density at radius 2 is 1.81 bits per heavy atom. The zero-order chi connectivity index (χ0) is 18.2. The normalized spacial score (nSPS) is 19.7. The highest BCUT2D eigenvalue weighted by molar-refractivity contribution is 5.80. The Balaban J connectivity index is 1.26. The molecule has 1 aromatic heterocycles. The molecule has 0 radical (unpaired) electrons. The first-order chi connectivity index (χ1) is 12.7. The van der Waals surface area contributed by atoms with Crippen LogP contribution in [0, 0.1) is 11.9 Å². The number of Topliss-reactive ketones (excluding diaryl/α,β-unsaturated/α-hetero) is 1. The third-order valence-electron chi connectivity index (χ3n) is 5.85. The van der Waals surface area contributed by atoms with Gasteiger partial charge >= 0.3 is 0 Å². The molecule has 1 aromatic rings. The van der Waals surface area contributed by atoms with Gasteiger partial charge in [0.15, 0.2) is 0 Å². The van der Waals surface area contributed by atoms with Gasteiger partial charge in [0.2, 0.25) is 5.95 Å². The fourth-order valence-corrected chi connectivity index (χ4v) is 4.21. The second-order valence-corrected chi connectivity index (χ2v) is 7.76. The predicted molar refractivity (Wildman–Crippen MR) is 103 cm³/mol. The number of carbonyl (C=O) groups excluding carboxylic acids is 1. The Labute approximate surface area is 156 Å². The van der Waals surface area contributed by atoms with Crippen molar-refractivity contribution < 1.29 is 9.18 Å². The fourth-order valence-electron chi connectivity index (χ4n) is 4.21. The Morgan fingerprint density at radius 3 is 2.54 bits per heavy atom. The number of hydrogen-bond acceptors (Lipinski definition) is 4. The summed E-state index contributed by atoms with van der Waals surface area (Å²) in [6.07, 6.45) is 10.2. The van der Waals surface area contributed by atoms with Gasteiger partial charge in [0, 0.05) is 38.5 Å². The lowest BCUT2D eigenvalue weighted by molar-refractivity contribution is -0.123. The minimum Gasteiger partial charge on any atom is -0.354 e. The molecule has 1 saturated carbocycles. The summed E-state index contributed by atoms with van der Waals surface area (Å²) in [5, 5.41) is 0. The Hall–Kier alpha value is -1.49. The van der Waals surface area contributed by atoms with Crippen LogP contribution in [0.25, 0.3) is 0 Å². The molecule has 1 saturated heterocycles. The number of ketones is 1. The molecule has 0 aromatic carbocycles. The summed E-state index contributed by atoms with van der Waals surface area (Å²) >= 11 is 0. The first-order valence-corrected chi connectivity index (χ1v) is 10.3. The van der Waals surface area contributed by atoms with Gasteiger partial charge in [0.05, 0.1) is 0 Å². The van der Waals surface area contributed by atoms with E-state index >= 15 is 0 Å². The molecule has 0 atom stereocenters. The van der Waals surface area contributed by atoms with E-state index in [1.807, 2.05) is 6.07 Å². The monoisotopic (exact) mass is 361 g/mol. The van der Waals surface area contributed by atoms with E-state index in [2.05, 4.69) is 14.8 Å². The van der Waals surface area contributed by atoms with Crippen LogP contribution in [0.2, 0.25) is 0 Å². The largest absolute Gasteiger partial charge is 0.354 e. The zero-order valence-corrected chi connectivity index (χ0v) is 15.8. The molecular weight excluding hydrogens is 329 g/mol. The number of rotatable bonds is 8. The van der Waals surface area contributed by atoms with Crippen molar-refractivity contribution in [2.24, 2.45) is 5.92 Å². The molecule has 2 heterocycles. The topological polar surface area (TPSA) is 36.4 Å². The number of pyridine rings is 1. The number of nitrogens with zero attached hydrogens (tertiary/aromatic N) is 3. The molecule has 0 unspecified atom stereocenters. The van der Waals surface area contributed by atoms with Gasteiger partial charge in [-0.25, -0.2) is 4.98 Å². The van der Waals surface area contributed by atoms with Gasteiger partial charge in [-0.1, -0.05) is 31.7 Å². The molecule has 1 aliphatic carbocycles. The minimum atomic E-state index is -0.410. The third kappa shape index (κ3) is 5.76. The highest BCUT2D eigenvalue weighted by Crippen LogP contribution is 2.26. The molecule has 4 nitrogen and oxygen atoms in total. The maximum absolute atomic E-state index is 13.2. The molecule has 26 heavy (non-hydrogen) atoms. The van der Waals surface area contributed by atoms with Crippen molar-refractivity contribution in [3.05, 3.63) is 24.1 Å². The SMILES string of the molecule is O=C(CCCCCN1CCN(c2cccc(F)n2)CC1)C1CCCCC1. The van der Waals surface area contributed by atoms with Crippen molar-refractivity contribution in [3.63, 3.8) is 0 Å². The van der Waals surface area contributed by atoms with E-state index < -0.39 is 5.95 Å². The van der Waals surface area contributed by atoms with Gasteiger partial charge in [-0.05, 0) is 44.4 Å². The van der Waals surface area contributed by atoms with E-state index in [1.165, 1.54) is 25.3 Å². The maximum atomic E-state index is 13.2. The van der Waals surface area contributed by atoms with E-state index in [4.69, 9.17) is 0 Å². The van der Waals surface area contributed by atoms with Crippen LogP contribution in [-0.4, -0.2) is 48.4 Å². The standard InChI is InChI=1S/C21H32FN3O/c22-20-11-7-12-21(23-20)25-16-14-24(15-17-25)13-6-2-5-10-19(26)18-8-3-1-4-9-18/h7,11-12,18H,1-6,8-10,13-17H2. The molecule has 0 amide bonds. The quantitative estimate of drug-likeness (QED) is 0.517. The Bertz CT molecular complexity index is 566. The number of halogens is 1. The smallest absolute Gasteiger partial charge is 0.214 e. The molecular formula is C21H32FN3O. The van der Waals surface area contributed by atoms with Gasteiger partial charge in [-0.15, -0.1) is 0 Å². The highest BCUT2D eigenvalue weighted by Gasteiger charge is 2.20. The van der Waals surface area contributed by atoms with Crippen molar-refractivity contribution in [1.29, 1.82) is 0 Å². The summed E-state index contributed by atoms with van der Waals surface area (Å²) in [6.45, 7) is 4.90. The van der Waals surface area contributed by atoms with E-state index in [-0.39, 0.29) is 0 Å². The summed E-state index contributed by atoms with van der Waals surface area (Å²) < 4.78 is 13.2. The molecule has 0 bridgehead atoms. The molecule has 0 N–H and O–H groups in total. The van der Waals surface area contributed by atoms with E-state index in [9.17, 15) is 9.18 Å². The third-order valence-corrected chi connectivity index (χ3v) is 5.85. The van der Waals surface area contributed by atoms with Crippen molar-refractivity contribution in [3.8, 4) is 0 Å². The van der Waals surface area contributed by atoms with Gasteiger partial charge in [-0.2, -0.15) is 4.39 Å². The average Bonchev–Trinajstić information content (AvgIpc) is 2.69. The highest BCUT2D eigenvalue weighted by atomic mass is 19.1. The van der Waals surface area contributed by atoms with Crippen LogP contribution >= 0.6 is 0 Å². The zero-order valence-electron chi connectivity index (χ0n) is 15.8. The van der Waals surface area contributed by atoms with Gasteiger partial charge < -0.3 is 4.90 Å². The van der Waals surface area contributed by atoms with Crippen molar-refractivity contribution in [2.45, 2.75) is 57.8 Å². The molecule has 2 aliphatic rings. The van der Waals surface area contributed by atoms with Crippen LogP contribution in [-0.2, 0) is 4.79 Å². The van der Waals surface area contributed by atoms with Crippen LogP contribution in [0.4, 0.5) is 10.2 Å². The summed E-state index contributed by atoms with van der Waals surface area (Å²) in [5.74, 6) is 1.22. The minimum absolute atomic E-state index is 0.369. The van der Waals surface area contributed by atoms with Crippen LogP contribution in [0.3, 0.4) is 0 Å². The second kappa shape index (κ2) is 10.0. The lowest BCUT2D eigenvalue weighted by Crippen LogP contribution is -2.47. The number of aromatic nitrogens is 1. The number of piperazine rings is 1. The second-order valence-electron chi connectivity index (χ2n) is 7.76. The van der Waals surface area contributed by atoms with Crippen LogP contribution in [0.5, 0.6) is 0 Å². The lowest BCUT2D eigenvalue weighted by atomic mass is 9.84. The summed E-state index contributed by atoms with van der Waals surface area (Å²) in [6, 6.07) is 4.99. The van der Waals surface area contributed by atoms with Gasteiger partial charge in [-0.3, -0.25) is 9.69 Å². The summed E-state index contributed by atoms with van der Waals surface area (Å²) in [4.78, 5) is 20.8. The van der Waals surface area contributed by atoms with Crippen LogP contribution in [0.15, 0.2) is 18.2 Å². The van der Waals surface area contributed by atoms with Gasteiger partial charge in [0.1, 0.15) is 11.6 Å². The molecule has 5 heteroatoms. The van der Waals surface area contributed by atoms with Crippen molar-refractivity contribution in [1.82, 2.24) is 9.88 Å². The first-order valence-electron chi connectivity index (χ1n) is 10.3. The number of unbranched alkanes of at least 4 members (excludes halogenated alkanes) is 2. The molecule has 2 fully saturated rings. The average molecular weight is 362 g/mol. The van der Waals surface area contributed by atoms with Crippen molar-refractivity contribution in [2.75, 3.05) is 37.6 Å². The van der Waals surface area contributed by atoms with E-state index in [0.717, 1.165) is 77.1 Å². The number of anilines is 1. The van der Waals surface area contributed by atoms with Crippen LogP contribution in [0.1, 0.15) is 57.8 Å². The predicted octanol–water partition coefficient (Wildman–Crippen LogP) is 4.05. The van der Waals surface area contributed by atoms with E-state index in [0.29, 0.717) is 11.7 Å². The fraction of sp³-hybridized carbons (Fsp3) is 0.714. The molecule has 0 spiro atoms. The van der Waals surface area contributed by atoms with Gasteiger partial charge in [0.25, 0.3) is 0 Å². The summed E-state index contributed by atoms with van der Waals surface area (Å²) in [7, 11) is 0. The Morgan fingerprint density at radius 1 is 1.04 bits per heavy atom. The lowest BCUT2D eigenvalue weighted by Gasteiger charge is -2.35. The van der Waals surface area contributed by atoms with Crippen molar-refractivity contribution >= 4 is 11.6 Å².